The van der Waals surface area contributed by atoms with Gasteiger partial charge in [-0.3, -0.25) is 0 Å². The van der Waals surface area contributed by atoms with Crippen LogP contribution in [0.5, 0.6) is 0 Å². The molecule has 2 atom stereocenters. The Labute approximate surface area is 115 Å². The number of halogens is 4. The highest BCUT2D eigenvalue weighted by molar-refractivity contribution is 5.29. The first-order valence-corrected chi connectivity index (χ1v) is 6.43. The van der Waals surface area contributed by atoms with Crippen molar-refractivity contribution >= 4 is 0 Å². The lowest BCUT2D eigenvalue weighted by molar-refractivity contribution is -0.137. The molecule has 0 fully saturated rings. The Balaban J connectivity index is 2.86. The molecule has 0 saturated carbocycles. The summed E-state index contributed by atoms with van der Waals surface area (Å²) >= 11 is 0. The van der Waals surface area contributed by atoms with Crippen LogP contribution in [0.25, 0.3) is 0 Å². The number of benzene rings is 1. The van der Waals surface area contributed by atoms with Gasteiger partial charge >= 0.3 is 6.18 Å². The third kappa shape index (κ3) is 4.45. The van der Waals surface area contributed by atoms with Crippen LogP contribution < -0.4 is 5.73 Å². The van der Waals surface area contributed by atoms with Gasteiger partial charge in [0.1, 0.15) is 5.82 Å². The Bertz CT molecular complexity index is 445. The zero-order chi connectivity index (χ0) is 15.5. The number of hydrogen-bond donors (Lipinski definition) is 2. The van der Waals surface area contributed by atoms with Crippen molar-refractivity contribution in [2.24, 2.45) is 11.7 Å². The normalized spacial score (nSPS) is 15.4. The molecule has 0 bridgehead atoms. The molecule has 2 nitrogen and oxygen atoms in total. The molecular weight excluding hydrogens is 274 g/mol. The minimum absolute atomic E-state index is 0.103. The molecule has 6 heteroatoms. The fraction of sp³-hybridized carbons (Fsp3) is 0.571. The van der Waals surface area contributed by atoms with Crippen LogP contribution in [0.2, 0.25) is 0 Å². The summed E-state index contributed by atoms with van der Waals surface area (Å²) in [4.78, 5) is 0. The number of alkyl halides is 3. The van der Waals surface area contributed by atoms with Crippen molar-refractivity contribution in [1.29, 1.82) is 0 Å². The van der Waals surface area contributed by atoms with E-state index >= 15 is 0 Å². The first-order chi connectivity index (χ1) is 9.12. The average molecular weight is 293 g/mol. The predicted octanol–water partition coefficient (Wildman–Crippen LogP) is 3.64. The van der Waals surface area contributed by atoms with Crippen molar-refractivity contribution in [1.82, 2.24) is 0 Å². The topological polar surface area (TPSA) is 46.2 Å². The van der Waals surface area contributed by atoms with Gasteiger partial charge in [-0.25, -0.2) is 4.39 Å². The minimum atomic E-state index is -4.60. The zero-order valence-electron chi connectivity index (χ0n) is 11.4. The summed E-state index contributed by atoms with van der Waals surface area (Å²) < 4.78 is 51.0. The number of nitrogens with two attached hydrogens (primary N) is 1. The molecule has 1 rings (SSSR count). The van der Waals surface area contributed by atoms with E-state index in [1.165, 1.54) is 0 Å². The molecule has 3 N–H and O–H groups in total. The molecule has 1 aromatic rings. The summed E-state index contributed by atoms with van der Waals surface area (Å²) in [6.45, 7) is 3.94. The largest absolute Gasteiger partial charge is 0.416 e. The van der Waals surface area contributed by atoms with Crippen LogP contribution in [0.4, 0.5) is 17.6 Å². The van der Waals surface area contributed by atoms with Crippen molar-refractivity contribution < 1.29 is 22.7 Å². The monoisotopic (exact) mass is 293 g/mol. The summed E-state index contributed by atoms with van der Waals surface area (Å²) in [7, 11) is 0. The molecule has 114 valence electrons. The Morgan fingerprint density at radius 3 is 2.25 bits per heavy atom. The highest BCUT2D eigenvalue weighted by atomic mass is 19.4. The molecule has 0 unspecified atom stereocenters. The van der Waals surface area contributed by atoms with Crippen molar-refractivity contribution in [3.8, 4) is 0 Å². The molecule has 0 saturated heterocycles. The smallest absolute Gasteiger partial charge is 0.391 e. The molecule has 0 aliphatic rings. The first-order valence-electron chi connectivity index (χ1n) is 6.43. The van der Waals surface area contributed by atoms with Crippen LogP contribution in [-0.4, -0.2) is 11.2 Å². The molecule has 0 radical (unpaired) electrons. The van der Waals surface area contributed by atoms with E-state index in [1.807, 2.05) is 13.8 Å². The van der Waals surface area contributed by atoms with Gasteiger partial charge in [0.25, 0.3) is 0 Å². The maximum absolute atomic E-state index is 13.7. The quantitative estimate of drug-likeness (QED) is 0.814. The first kappa shape index (κ1) is 16.9. The maximum Gasteiger partial charge on any atom is 0.416 e. The van der Waals surface area contributed by atoms with Gasteiger partial charge in [-0.1, -0.05) is 19.9 Å². The van der Waals surface area contributed by atoms with Crippen molar-refractivity contribution in [2.45, 2.75) is 45.0 Å². The Kier molecular flexibility index (Phi) is 5.53. The summed E-state index contributed by atoms with van der Waals surface area (Å²) in [6, 6.07) is 1.13. The van der Waals surface area contributed by atoms with Crippen molar-refractivity contribution in [2.75, 3.05) is 0 Å². The van der Waals surface area contributed by atoms with E-state index in [9.17, 15) is 22.7 Å². The van der Waals surface area contributed by atoms with Gasteiger partial charge in [0.2, 0.25) is 0 Å². The van der Waals surface area contributed by atoms with Gasteiger partial charge < -0.3 is 10.8 Å². The highest BCUT2D eigenvalue weighted by Crippen LogP contribution is 2.31. The van der Waals surface area contributed by atoms with E-state index in [4.69, 9.17) is 5.73 Å². The Morgan fingerprint density at radius 1 is 1.20 bits per heavy atom. The molecule has 0 heterocycles. The SMILES string of the molecule is CC(C)CC[C@H](O)[C@H](N)c1ccc(C(F)(F)F)cc1F. The molecule has 0 aliphatic heterocycles. The maximum atomic E-state index is 13.7. The second kappa shape index (κ2) is 6.54. The Hall–Kier alpha value is -1.14. The number of aliphatic hydroxyl groups excluding tert-OH is 1. The molecule has 0 spiro atoms. The lowest BCUT2D eigenvalue weighted by Gasteiger charge is -2.21. The van der Waals surface area contributed by atoms with Crippen molar-refractivity contribution in [3.05, 3.63) is 35.1 Å². The van der Waals surface area contributed by atoms with E-state index in [0.717, 1.165) is 12.1 Å². The summed E-state index contributed by atoms with van der Waals surface area (Å²) in [5, 5.41) is 9.86. The fourth-order valence-electron chi connectivity index (χ4n) is 1.86. The standard InChI is InChI=1S/C14H19F4NO/c1-8(2)3-6-12(20)13(19)10-5-4-9(7-11(10)15)14(16,17)18/h4-5,7-8,12-13,20H,3,6,19H2,1-2H3/t12-,13+/m0/s1. The lowest BCUT2D eigenvalue weighted by atomic mass is 9.95. The summed E-state index contributed by atoms with van der Waals surface area (Å²) in [5.74, 6) is -0.690. The van der Waals surface area contributed by atoms with Crippen LogP contribution >= 0.6 is 0 Å². The van der Waals surface area contributed by atoms with Crippen LogP contribution in [0.15, 0.2) is 18.2 Å². The molecule has 0 amide bonds. The van der Waals surface area contributed by atoms with Gasteiger partial charge in [0, 0.05) is 5.56 Å². The van der Waals surface area contributed by atoms with Crippen LogP contribution in [-0.2, 0) is 6.18 Å². The van der Waals surface area contributed by atoms with Gasteiger partial charge in [0.05, 0.1) is 17.7 Å². The second-order valence-corrected chi connectivity index (χ2v) is 5.30. The van der Waals surface area contributed by atoms with Gasteiger partial charge in [-0.05, 0) is 30.9 Å². The van der Waals surface area contributed by atoms with Crippen LogP contribution in [0, 0.1) is 11.7 Å². The number of hydrogen-bond acceptors (Lipinski definition) is 2. The fourth-order valence-corrected chi connectivity index (χ4v) is 1.86. The molecule has 1 aromatic carbocycles. The average Bonchev–Trinajstić information content (AvgIpc) is 2.33. The Morgan fingerprint density at radius 2 is 1.80 bits per heavy atom. The third-order valence-electron chi connectivity index (χ3n) is 3.14. The predicted molar refractivity (Wildman–Crippen MR) is 68.4 cm³/mol. The summed E-state index contributed by atoms with van der Waals surface area (Å²) in [6.07, 6.45) is -4.50. The van der Waals surface area contributed by atoms with Gasteiger partial charge in [-0.15, -0.1) is 0 Å². The highest BCUT2D eigenvalue weighted by Gasteiger charge is 2.32. The number of rotatable bonds is 5. The lowest BCUT2D eigenvalue weighted by Crippen LogP contribution is -2.27. The van der Waals surface area contributed by atoms with Crippen LogP contribution in [0.1, 0.15) is 43.9 Å². The van der Waals surface area contributed by atoms with E-state index in [0.29, 0.717) is 24.8 Å². The number of aliphatic hydroxyl groups is 1. The van der Waals surface area contributed by atoms with E-state index in [1.54, 1.807) is 0 Å². The van der Waals surface area contributed by atoms with E-state index < -0.39 is 29.7 Å². The summed E-state index contributed by atoms with van der Waals surface area (Å²) in [5.41, 5.74) is 4.54. The molecule has 20 heavy (non-hydrogen) atoms. The van der Waals surface area contributed by atoms with Gasteiger partial charge in [0.15, 0.2) is 0 Å². The molecular formula is C14H19F4NO. The minimum Gasteiger partial charge on any atom is -0.391 e. The molecule has 0 aliphatic carbocycles. The molecule has 0 aromatic heterocycles. The van der Waals surface area contributed by atoms with Gasteiger partial charge in [-0.2, -0.15) is 13.2 Å². The second-order valence-electron chi connectivity index (χ2n) is 5.30. The third-order valence-corrected chi connectivity index (χ3v) is 3.14. The van der Waals surface area contributed by atoms with E-state index in [-0.39, 0.29) is 5.56 Å². The zero-order valence-corrected chi connectivity index (χ0v) is 11.4. The van der Waals surface area contributed by atoms with Crippen molar-refractivity contribution in [3.63, 3.8) is 0 Å². The van der Waals surface area contributed by atoms with E-state index in [2.05, 4.69) is 0 Å². The van der Waals surface area contributed by atoms with Crippen LogP contribution in [0.3, 0.4) is 0 Å².